The fourth-order valence-corrected chi connectivity index (χ4v) is 2.11. The van der Waals surface area contributed by atoms with Gasteiger partial charge in [0.1, 0.15) is 11.5 Å². The third-order valence-electron chi connectivity index (χ3n) is 3.21. The van der Waals surface area contributed by atoms with Crippen molar-refractivity contribution in [3.8, 4) is 11.5 Å². The second-order valence-electron chi connectivity index (χ2n) is 5.31. The first-order chi connectivity index (χ1) is 12.2. The van der Waals surface area contributed by atoms with Crippen LogP contribution in [0, 0.1) is 0 Å². The van der Waals surface area contributed by atoms with E-state index in [1.165, 1.54) is 6.21 Å². The predicted octanol–water partition coefficient (Wildman–Crippen LogP) is 4.05. The maximum Gasteiger partial charge on any atom is 0.277 e. The Labute approximate surface area is 152 Å². The number of unbranched alkanes of at least 4 members (excludes halogenated alkanes) is 1. The molecule has 0 heterocycles. The van der Waals surface area contributed by atoms with Crippen molar-refractivity contribution in [1.29, 1.82) is 0 Å². The molecule has 2 aromatic rings. The Kier molecular flexibility index (Phi) is 7.79. The molecule has 6 heteroatoms. The van der Waals surface area contributed by atoms with Crippen LogP contribution in [0.1, 0.15) is 25.3 Å². The van der Waals surface area contributed by atoms with Crippen molar-refractivity contribution in [1.82, 2.24) is 5.43 Å². The van der Waals surface area contributed by atoms with Crippen LogP contribution < -0.4 is 14.9 Å². The van der Waals surface area contributed by atoms with E-state index in [2.05, 4.69) is 17.5 Å². The van der Waals surface area contributed by atoms with Gasteiger partial charge in [0.05, 0.1) is 12.8 Å². The van der Waals surface area contributed by atoms with Crippen LogP contribution in [-0.4, -0.2) is 25.3 Å². The summed E-state index contributed by atoms with van der Waals surface area (Å²) in [6.07, 6.45) is 3.64. The van der Waals surface area contributed by atoms with E-state index >= 15 is 0 Å². The van der Waals surface area contributed by atoms with E-state index in [9.17, 15) is 4.79 Å². The minimum absolute atomic E-state index is 0.122. The first-order valence-electron chi connectivity index (χ1n) is 8.10. The number of carbonyl (C=O) groups excluding carboxylic acids is 1. The number of hydrogen-bond donors (Lipinski definition) is 1. The Hall–Kier alpha value is -2.53. The second-order valence-corrected chi connectivity index (χ2v) is 5.75. The summed E-state index contributed by atoms with van der Waals surface area (Å²) in [6.45, 7) is 2.69. The summed E-state index contributed by atoms with van der Waals surface area (Å²) in [7, 11) is 0. The topological polar surface area (TPSA) is 59.9 Å². The Morgan fingerprint density at radius 2 is 1.88 bits per heavy atom. The van der Waals surface area contributed by atoms with Crippen LogP contribution in [0.2, 0.25) is 5.02 Å². The highest BCUT2D eigenvalue weighted by atomic mass is 35.5. The highest BCUT2D eigenvalue weighted by Gasteiger charge is 2.02. The van der Waals surface area contributed by atoms with Gasteiger partial charge in [0.15, 0.2) is 6.61 Å². The van der Waals surface area contributed by atoms with E-state index in [-0.39, 0.29) is 12.5 Å². The molecule has 1 amide bonds. The van der Waals surface area contributed by atoms with Crippen LogP contribution in [0.5, 0.6) is 11.5 Å². The molecule has 0 aliphatic carbocycles. The van der Waals surface area contributed by atoms with E-state index < -0.39 is 0 Å². The first-order valence-corrected chi connectivity index (χ1v) is 8.48. The minimum atomic E-state index is -0.346. The molecule has 0 aliphatic heterocycles. The molecule has 2 rings (SSSR count). The lowest BCUT2D eigenvalue weighted by Crippen LogP contribution is -2.24. The number of hydrazone groups is 1. The molecule has 0 saturated carbocycles. The number of carbonyl (C=O) groups is 1. The van der Waals surface area contributed by atoms with Crippen molar-refractivity contribution in [2.45, 2.75) is 19.8 Å². The molecule has 0 spiro atoms. The molecule has 5 nitrogen and oxygen atoms in total. The zero-order chi connectivity index (χ0) is 17.9. The summed E-state index contributed by atoms with van der Waals surface area (Å²) in [5.41, 5.74) is 3.20. The number of ether oxygens (including phenoxy) is 2. The van der Waals surface area contributed by atoms with Crippen LogP contribution in [-0.2, 0) is 4.79 Å². The molecule has 0 saturated heterocycles. The second kappa shape index (κ2) is 10.4. The van der Waals surface area contributed by atoms with Crippen LogP contribution in [0.3, 0.4) is 0 Å². The minimum Gasteiger partial charge on any atom is -0.494 e. The fourth-order valence-electron chi connectivity index (χ4n) is 1.91. The van der Waals surface area contributed by atoms with Crippen molar-refractivity contribution < 1.29 is 14.3 Å². The molecule has 0 fully saturated rings. The fraction of sp³-hybridized carbons (Fsp3) is 0.263. The predicted molar refractivity (Wildman–Crippen MR) is 99.5 cm³/mol. The van der Waals surface area contributed by atoms with Gasteiger partial charge in [-0.15, -0.1) is 0 Å². The van der Waals surface area contributed by atoms with Gasteiger partial charge in [0.2, 0.25) is 0 Å². The van der Waals surface area contributed by atoms with Crippen molar-refractivity contribution in [2.24, 2.45) is 5.10 Å². The molecule has 0 aromatic heterocycles. The number of halogens is 1. The van der Waals surface area contributed by atoms with Gasteiger partial charge in [-0.05, 0) is 48.4 Å². The largest absolute Gasteiger partial charge is 0.494 e. The van der Waals surface area contributed by atoms with E-state index in [4.69, 9.17) is 21.1 Å². The Morgan fingerprint density at radius 3 is 2.56 bits per heavy atom. The summed E-state index contributed by atoms with van der Waals surface area (Å²) >= 11 is 5.87. The molecule has 0 aliphatic rings. The SMILES string of the molecule is CCCCOc1ccc(OCC(=O)N/N=C\c2cccc(Cl)c2)cc1. The number of nitrogens with one attached hydrogen (secondary N) is 1. The Bertz CT molecular complexity index is 702. The molecule has 0 bridgehead atoms. The maximum atomic E-state index is 11.7. The van der Waals surface area contributed by atoms with Gasteiger partial charge in [0.25, 0.3) is 5.91 Å². The van der Waals surface area contributed by atoms with E-state index in [0.29, 0.717) is 17.4 Å². The third-order valence-corrected chi connectivity index (χ3v) is 3.45. The maximum absolute atomic E-state index is 11.7. The van der Waals surface area contributed by atoms with Gasteiger partial charge in [-0.25, -0.2) is 5.43 Å². The lowest BCUT2D eigenvalue weighted by molar-refractivity contribution is -0.123. The summed E-state index contributed by atoms with van der Waals surface area (Å²) in [5.74, 6) is 1.04. The third kappa shape index (κ3) is 7.27. The van der Waals surface area contributed by atoms with Crippen LogP contribution in [0.15, 0.2) is 53.6 Å². The van der Waals surface area contributed by atoms with Crippen molar-refractivity contribution in [3.63, 3.8) is 0 Å². The number of amides is 1. The highest BCUT2D eigenvalue weighted by Crippen LogP contribution is 2.17. The standard InChI is InChI=1S/C19H21ClN2O3/c1-2-3-11-24-17-7-9-18(10-8-17)25-14-19(23)22-21-13-15-5-4-6-16(20)12-15/h4-10,12-13H,2-3,11,14H2,1H3,(H,22,23)/b21-13-. The number of nitrogens with zero attached hydrogens (tertiary/aromatic N) is 1. The van der Waals surface area contributed by atoms with Crippen molar-refractivity contribution >= 4 is 23.7 Å². The molecule has 1 N–H and O–H groups in total. The Morgan fingerprint density at radius 1 is 1.16 bits per heavy atom. The normalized spacial score (nSPS) is 10.6. The van der Waals surface area contributed by atoms with Crippen LogP contribution >= 0.6 is 11.6 Å². The van der Waals surface area contributed by atoms with Gasteiger partial charge in [-0.2, -0.15) is 5.10 Å². The summed E-state index contributed by atoms with van der Waals surface area (Å²) in [6, 6.07) is 14.3. The van der Waals surface area contributed by atoms with E-state index in [0.717, 1.165) is 24.2 Å². The smallest absolute Gasteiger partial charge is 0.277 e. The van der Waals surface area contributed by atoms with Gasteiger partial charge in [-0.3, -0.25) is 4.79 Å². The zero-order valence-corrected chi connectivity index (χ0v) is 14.8. The number of hydrogen-bond acceptors (Lipinski definition) is 4. The lowest BCUT2D eigenvalue weighted by Gasteiger charge is -2.07. The lowest BCUT2D eigenvalue weighted by atomic mass is 10.2. The molecular formula is C19H21ClN2O3. The van der Waals surface area contributed by atoms with Crippen LogP contribution in [0.4, 0.5) is 0 Å². The molecular weight excluding hydrogens is 340 g/mol. The molecule has 132 valence electrons. The van der Waals surface area contributed by atoms with E-state index in [1.807, 2.05) is 24.3 Å². The zero-order valence-electron chi connectivity index (χ0n) is 14.1. The molecule has 0 atom stereocenters. The molecule has 0 radical (unpaired) electrons. The van der Waals surface area contributed by atoms with Gasteiger partial charge in [-0.1, -0.05) is 37.1 Å². The molecule has 0 unspecified atom stereocenters. The molecule has 25 heavy (non-hydrogen) atoms. The quantitative estimate of drug-likeness (QED) is 0.417. The monoisotopic (exact) mass is 360 g/mol. The van der Waals surface area contributed by atoms with Crippen molar-refractivity contribution in [3.05, 3.63) is 59.1 Å². The van der Waals surface area contributed by atoms with Crippen LogP contribution in [0.25, 0.3) is 0 Å². The summed E-state index contributed by atoms with van der Waals surface area (Å²) in [4.78, 5) is 11.7. The van der Waals surface area contributed by atoms with E-state index in [1.54, 1.807) is 24.3 Å². The van der Waals surface area contributed by atoms with Gasteiger partial charge < -0.3 is 9.47 Å². The van der Waals surface area contributed by atoms with Crippen molar-refractivity contribution in [2.75, 3.05) is 13.2 Å². The summed E-state index contributed by atoms with van der Waals surface area (Å²) in [5, 5.41) is 4.48. The number of rotatable bonds is 9. The molecule has 2 aromatic carbocycles. The van der Waals surface area contributed by atoms with Gasteiger partial charge >= 0.3 is 0 Å². The number of benzene rings is 2. The first kappa shape index (κ1) is 18.8. The Balaban J connectivity index is 1.72. The summed E-state index contributed by atoms with van der Waals surface area (Å²) < 4.78 is 11.0. The highest BCUT2D eigenvalue weighted by molar-refractivity contribution is 6.30. The van der Waals surface area contributed by atoms with Gasteiger partial charge in [0, 0.05) is 5.02 Å². The average Bonchev–Trinajstić information content (AvgIpc) is 2.61. The average molecular weight is 361 g/mol.